The molecule has 0 bridgehead atoms. The summed E-state index contributed by atoms with van der Waals surface area (Å²) in [6, 6.07) is 17.2. The van der Waals surface area contributed by atoms with E-state index in [1.54, 1.807) is 12.3 Å². The molecule has 0 aliphatic carbocycles. The molecule has 0 aliphatic rings. The third kappa shape index (κ3) is 5.79. The zero-order valence-corrected chi connectivity index (χ0v) is 16.8. The van der Waals surface area contributed by atoms with Crippen molar-refractivity contribution in [2.75, 3.05) is 11.9 Å². The summed E-state index contributed by atoms with van der Waals surface area (Å²) < 4.78 is 10.2. The number of nitrogens with one attached hydrogen (secondary N) is 2. The van der Waals surface area contributed by atoms with E-state index in [1.807, 2.05) is 42.5 Å². The summed E-state index contributed by atoms with van der Waals surface area (Å²) in [5, 5.41) is 7.60. The van der Waals surface area contributed by atoms with Crippen molar-refractivity contribution in [2.45, 2.75) is 25.7 Å². The second-order valence-electron chi connectivity index (χ2n) is 7.10. The molecule has 0 radical (unpaired) electrons. The topological polar surface area (TPSA) is 110 Å². The number of carbonyl (C=O) groups excluding carboxylic acids is 1. The lowest BCUT2D eigenvalue weighted by atomic mass is 10.1. The first-order valence-electron chi connectivity index (χ1n) is 10.1. The van der Waals surface area contributed by atoms with Crippen LogP contribution in [-0.2, 0) is 17.6 Å². The van der Waals surface area contributed by atoms with Crippen LogP contribution in [0.1, 0.15) is 24.2 Å². The summed E-state index contributed by atoms with van der Waals surface area (Å²) >= 11 is 0. The van der Waals surface area contributed by atoms with Gasteiger partial charge in [-0.1, -0.05) is 23.4 Å². The van der Waals surface area contributed by atoms with E-state index < -0.39 is 5.76 Å². The first kappa shape index (κ1) is 20.3. The van der Waals surface area contributed by atoms with Gasteiger partial charge in [0, 0.05) is 36.2 Å². The summed E-state index contributed by atoms with van der Waals surface area (Å²) in [5.41, 5.74) is 2.73. The summed E-state index contributed by atoms with van der Waals surface area (Å²) in [5.74, 6) is 0.543. The van der Waals surface area contributed by atoms with Crippen molar-refractivity contribution in [3.05, 3.63) is 82.7 Å². The van der Waals surface area contributed by atoms with Crippen LogP contribution in [0.15, 0.2) is 70.1 Å². The Labute approximate surface area is 178 Å². The number of aromatic amines is 1. The van der Waals surface area contributed by atoms with Gasteiger partial charge in [0.2, 0.25) is 5.91 Å². The maximum atomic E-state index is 12.4. The van der Waals surface area contributed by atoms with E-state index in [-0.39, 0.29) is 5.91 Å². The largest absolute Gasteiger partial charge is 0.494 e. The van der Waals surface area contributed by atoms with E-state index in [2.05, 4.69) is 31.0 Å². The zero-order chi connectivity index (χ0) is 21.5. The molecule has 1 amide bonds. The van der Waals surface area contributed by atoms with E-state index in [9.17, 15) is 9.59 Å². The molecule has 8 heteroatoms. The fourth-order valence-electron chi connectivity index (χ4n) is 3.22. The van der Waals surface area contributed by atoms with Crippen molar-refractivity contribution >= 4 is 22.5 Å². The van der Waals surface area contributed by atoms with Crippen molar-refractivity contribution in [3.63, 3.8) is 0 Å². The number of nitrogens with zero attached hydrogens (tertiary/aromatic N) is 2. The lowest BCUT2D eigenvalue weighted by Gasteiger charge is -2.09. The number of hydrogen-bond acceptors (Lipinski definition) is 6. The summed E-state index contributed by atoms with van der Waals surface area (Å²) in [6.45, 7) is 0.448. The number of anilines is 1. The van der Waals surface area contributed by atoms with Gasteiger partial charge in [-0.2, -0.15) is 0 Å². The molecule has 0 saturated heterocycles. The van der Waals surface area contributed by atoms with Crippen LogP contribution in [0.2, 0.25) is 0 Å². The predicted molar refractivity (Wildman–Crippen MR) is 116 cm³/mol. The van der Waals surface area contributed by atoms with Crippen molar-refractivity contribution in [1.29, 1.82) is 0 Å². The number of hydrogen-bond donors (Lipinski definition) is 2. The second-order valence-corrected chi connectivity index (χ2v) is 7.10. The monoisotopic (exact) mass is 418 g/mol. The van der Waals surface area contributed by atoms with Gasteiger partial charge in [0.25, 0.3) is 0 Å². The highest BCUT2D eigenvalue weighted by molar-refractivity contribution is 5.91. The number of ether oxygens (including phenoxy) is 1. The maximum absolute atomic E-state index is 12.4. The lowest BCUT2D eigenvalue weighted by Crippen LogP contribution is -2.12. The van der Waals surface area contributed by atoms with E-state index in [0.29, 0.717) is 49.6 Å². The molecule has 2 N–H and O–H groups in total. The molecule has 8 nitrogen and oxygen atoms in total. The number of benzene rings is 2. The number of amides is 1. The number of pyridine rings is 1. The average Bonchev–Trinajstić information content (AvgIpc) is 3.20. The molecule has 0 unspecified atom stereocenters. The first-order valence-corrected chi connectivity index (χ1v) is 10.1. The minimum absolute atomic E-state index is 0.0570. The first-order chi connectivity index (χ1) is 15.2. The Morgan fingerprint density at radius 2 is 2.03 bits per heavy atom. The van der Waals surface area contributed by atoms with Gasteiger partial charge in [-0.15, -0.1) is 0 Å². The van der Waals surface area contributed by atoms with Crippen LogP contribution in [0.25, 0.3) is 10.9 Å². The van der Waals surface area contributed by atoms with Gasteiger partial charge in [-0.25, -0.2) is 4.79 Å². The quantitative estimate of drug-likeness (QED) is 0.403. The molecule has 4 aromatic rings. The molecule has 0 fully saturated rings. The van der Waals surface area contributed by atoms with Gasteiger partial charge in [0.05, 0.1) is 12.1 Å². The van der Waals surface area contributed by atoms with Crippen LogP contribution in [-0.4, -0.2) is 27.6 Å². The van der Waals surface area contributed by atoms with E-state index in [1.165, 1.54) is 0 Å². The number of rotatable bonds is 9. The highest BCUT2D eigenvalue weighted by Gasteiger charge is 2.06. The van der Waals surface area contributed by atoms with Gasteiger partial charge in [0.1, 0.15) is 5.75 Å². The highest BCUT2D eigenvalue weighted by atomic mass is 16.5. The Balaban J connectivity index is 1.24. The Morgan fingerprint density at radius 1 is 1.10 bits per heavy atom. The van der Waals surface area contributed by atoms with Gasteiger partial charge in [0.15, 0.2) is 5.82 Å². The second kappa shape index (κ2) is 9.71. The predicted octanol–water partition coefficient (Wildman–Crippen LogP) is 3.49. The molecule has 0 spiro atoms. The van der Waals surface area contributed by atoms with Crippen molar-refractivity contribution < 1.29 is 14.1 Å². The Kier molecular flexibility index (Phi) is 6.37. The average molecular weight is 418 g/mol. The zero-order valence-electron chi connectivity index (χ0n) is 16.8. The third-order valence-corrected chi connectivity index (χ3v) is 4.74. The van der Waals surface area contributed by atoms with Crippen molar-refractivity contribution in [1.82, 2.24) is 15.1 Å². The fourth-order valence-corrected chi connectivity index (χ4v) is 3.22. The Morgan fingerprint density at radius 3 is 2.90 bits per heavy atom. The SMILES string of the molecule is O=C(CCc1ccc2ncccc2c1)Nc1cccc(OCCCc2noc(=O)[nH]2)c1. The van der Waals surface area contributed by atoms with Gasteiger partial charge in [-0.3, -0.25) is 19.3 Å². The normalized spacial score (nSPS) is 10.8. The van der Waals surface area contributed by atoms with Crippen LogP contribution in [0, 0.1) is 0 Å². The van der Waals surface area contributed by atoms with Crippen molar-refractivity contribution in [2.24, 2.45) is 0 Å². The van der Waals surface area contributed by atoms with Crippen LogP contribution in [0.5, 0.6) is 5.75 Å². The molecule has 0 saturated carbocycles. The van der Waals surface area contributed by atoms with Gasteiger partial charge >= 0.3 is 5.76 Å². The van der Waals surface area contributed by atoms with Crippen LogP contribution in [0.3, 0.4) is 0 Å². The fraction of sp³-hybridized carbons (Fsp3) is 0.217. The van der Waals surface area contributed by atoms with Crippen LogP contribution < -0.4 is 15.8 Å². The summed E-state index contributed by atoms with van der Waals surface area (Å²) in [7, 11) is 0. The number of fused-ring (bicyclic) bond motifs is 1. The summed E-state index contributed by atoms with van der Waals surface area (Å²) in [6.07, 6.45) is 4.02. The van der Waals surface area contributed by atoms with Crippen LogP contribution in [0.4, 0.5) is 5.69 Å². The van der Waals surface area contributed by atoms with Gasteiger partial charge in [-0.05, 0) is 48.7 Å². The molecular formula is C23H22N4O4. The Bertz CT molecular complexity index is 1230. The lowest BCUT2D eigenvalue weighted by molar-refractivity contribution is -0.116. The molecule has 2 aromatic heterocycles. The molecule has 0 aliphatic heterocycles. The number of H-pyrrole nitrogens is 1. The molecule has 2 heterocycles. The Hall–Kier alpha value is -3.94. The third-order valence-electron chi connectivity index (χ3n) is 4.74. The molecule has 158 valence electrons. The van der Waals surface area contributed by atoms with E-state index in [0.717, 1.165) is 16.5 Å². The molecule has 2 aromatic carbocycles. The smallest absolute Gasteiger partial charge is 0.438 e. The summed E-state index contributed by atoms with van der Waals surface area (Å²) in [4.78, 5) is 30.1. The molecule has 0 atom stereocenters. The number of aryl methyl sites for hydroxylation is 2. The minimum Gasteiger partial charge on any atom is -0.494 e. The number of aromatic nitrogens is 3. The highest BCUT2D eigenvalue weighted by Crippen LogP contribution is 2.19. The molecule has 4 rings (SSSR count). The molecular weight excluding hydrogens is 396 g/mol. The van der Waals surface area contributed by atoms with Gasteiger partial charge < -0.3 is 10.1 Å². The van der Waals surface area contributed by atoms with Crippen molar-refractivity contribution in [3.8, 4) is 5.75 Å². The van der Waals surface area contributed by atoms with E-state index in [4.69, 9.17) is 4.74 Å². The molecule has 31 heavy (non-hydrogen) atoms. The maximum Gasteiger partial charge on any atom is 0.438 e. The minimum atomic E-state index is -0.558. The van der Waals surface area contributed by atoms with E-state index >= 15 is 0 Å². The van der Waals surface area contributed by atoms with Crippen LogP contribution >= 0.6 is 0 Å². The number of carbonyl (C=O) groups is 1. The standard InChI is InChI=1S/C23H22N4O4/c28-22(11-9-16-8-10-20-17(14-16)4-2-12-24-20)25-18-5-1-6-19(15-18)30-13-3-7-21-26-23(29)31-27-21/h1-2,4-6,8,10,12,14-15H,3,7,9,11,13H2,(H,25,28)(H,26,27,29).